The van der Waals surface area contributed by atoms with Gasteiger partial charge in [-0.2, -0.15) is 0 Å². The van der Waals surface area contributed by atoms with Crippen LogP contribution in [0.1, 0.15) is 5.56 Å². The first-order valence-corrected chi connectivity index (χ1v) is 5.62. The monoisotopic (exact) mass is 227 g/mol. The van der Waals surface area contributed by atoms with E-state index in [1.807, 2.05) is 12.3 Å². The summed E-state index contributed by atoms with van der Waals surface area (Å²) in [5.74, 6) is 0. The molecule has 1 radical (unpaired) electrons. The predicted octanol–water partition coefficient (Wildman–Crippen LogP) is 1.63. The molecule has 0 spiro atoms. The molecule has 0 bridgehead atoms. The molecule has 0 saturated heterocycles. The minimum Gasteiger partial charge on any atom is -0.395 e. The molecule has 17 heavy (non-hydrogen) atoms. The van der Waals surface area contributed by atoms with Crippen molar-refractivity contribution in [2.45, 2.75) is 6.54 Å². The molecule has 87 valence electrons. The van der Waals surface area contributed by atoms with E-state index in [0.29, 0.717) is 6.54 Å². The van der Waals surface area contributed by atoms with Crippen LogP contribution in [0.2, 0.25) is 0 Å². The molecule has 2 rings (SSSR count). The molecule has 2 N–H and O–H groups in total. The number of aromatic nitrogens is 1. The van der Waals surface area contributed by atoms with Crippen LogP contribution in [0, 0.1) is 6.07 Å². The van der Waals surface area contributed by atoms with Gasteiger partial charge >= 0.3 is 0 Å². The molecule has 0 fully saturated rings. The molecule has 1 heterocycles. The first-order valence-electron chi connectivity index (χ1n) is 5.62. The average Bonchev–Trinajstić information content (AvgIpc) is 2.41. The molecule has 0 amide bonds. The number of hydrogen-bond acceptors (Lipinski definition) is 3. The minimum absolute atomic E-state index is 0.170. The Morgan fingerprint density at radius 2 is 2.00 bits per heavy atom. The van der Waals surface area contributed by atoms with Crippen LogP contribution in [0.4, 0.5) is 0 Å². The minimum atomic E-state index is 0.170. The van der Waals surface area contributed by atoms with Crippen molar-refractivity contribution in [3.63, 3.8) is 0 Å². The Labute approximate surface area is 101 Å². The van der Waals surface area contributed by atoms with E-state index in [0.717, 1.165) is 17.7 Å². The van der Waals surface area contributed by atoms with Crippen molar-refractivity contribution in [1.29, 1.82) is 0 Å². The zero-order valence-electron chi connectivity index (χ0n) is 9.56. The summed E-state index contributed by atoms with van der Waals surface area (Å²) in [5, 5.41) is 11.8. The van der Waals surface area contributed by atoms with Gasteiger partial charge in [0.25, 0.3) is 0 Å². The van der Waals surface area contributed by atoms with Gasteiger partial charge in [-0.05, 0) is 17.2 Å². The maximum Gasteiger partial charge on any atom is 0.0556 e. The van der Waals surface area contributed by atoms with Crippen molar-refractivity contribution in [1.82, 2.24) is 10.3 Å². The predicted molar refractivity (Wildman–Crippen MR) is 67.3 cm³/mol. The number of aliphatic hydroxyl groups excluding tert-OH is 1. The van der Waals surface area contributed by atoms with E-state index in [9.17, 15) is 0 Å². The Morgan fingerprint density at radius 3 is 2.65 bits per heavy atom. The van der Waals surface area contributed by atoms with Crippen molar-refractivity contribution < 1.29 is 5.11 Å². The SMILES string of the molecule is OCCNCc1ccc(-c2c[c]cnc2)cc1. The quantitative estimate of drug-likeness (QED) is 0.763. The number of hydrogen-bond donors (Lipinski definition) is 2. The third-order valence-electron chi connectivity index (χ3n) is 2.51. The van der Waals surface area contributed by atoms with Crippen LogP contribution in [0.5, 0.6) is 0 Å². The zero-order chi connectivity index (χ0) is 11.9. The highest BCUT2D eigenvalue weighted by molar-refractivity contribution is 5.62. The third-order valence-corrected chi connectivity index (χ3v) is 2.51. The fraction of sp³-hybridized carbons (Fsp3) is 0.214. The third kappa shape index (κ3) is 3.37. The van der Waals surface area contributed by atoms with E-state index >= 15 is 0 Å². The average molecular weight is 227 g/mol. The number of benzene rings is 1. The molecular weight excluding hydrogens is 212 g/mol. The maximum atomic E-state index is 8.66. The van der Waals surface area contributed by atoms with Gasteiger partial charge in [-0.25, -0.2) is 0 Å². The van der Waals surface area contributed by atoms with Gasteiger partial charge in [0.2, 0.25) is 0 Å². The van der Waals surface area contributed by atoms with Gasteiger partial charge < -0.3 is 10.4 Å². The first-order chi connectivity index (χ1) is 8.40. The summed E-state index contributed by atoms with van der Waals surface area (Å²) in [7, 11) is 0. The second-order valence-corrected chi connectivity index (χ2v) is 3.77. The Bertz CT molecular complexity index is 440. The normalized spacial score (nSPS) is 10.4. The molecule has 3 nitrogen and oxygen atoms in total. The van der Waals surface area contributed by atoms with Crippen LogP contribution in [0.3, 0.4) is 0 Å². The highest BCUT2D eigenvalue weighted by Gasteiger charge is 1.97. The van der Waals surface area contributed by atoms with E-state index in [1.54, 1.807) is 6.20 Å². The Hall–Kier alpha value is -1.71. The van der Waals surface area contributed by atoms with Crippen molar-refractivity contribution in [3.05, 3.63) is 54.4 Å². The van der Waals surface area contributed by atoms with Gasteiger partial charge in [0.1, 0.15) is 0 Å². The fourth-order valence-electron chi connectivity index (χ4n) is 1.61. The molecule has 0 aliphatic carbocycles. The lowest BCUT2D eigenvalue weighted by Gasteiger charge is -2.05. The van der Waals surface area contributed by atoms with Gasteiger partial charge in [-0.15, -0.1) is 0 Å². The molecule has 0 aliphatic rings. The van der Waals surface area contributed by atoms with Crippen molar-refractivity contribution in [2.24, 2.45) is 0 Å². The summed E-state index contributed by atoms with van der Waals surface area (Å²) in [6, 6.07) is 13.2. The zero-order valence-corrected chi connectivity index (χ0v) is 9.56. The van der Waals surface area contributed by atoms with Crippen LogP contribution in [-0.4, -0.2) is 23.2 Å². The van der Waals surface area contributed by atoms with E-state index in [1.165, 1.54) is 5.56 Å². The van der Waals surface area contributed by atoms with Crippen LogP contribution < -0.4 is 5.32 Å². The first kappa shape index (κ1) is 11.8. The van der Waals surface area contributed by atoms with Crippen LogP contribution in [0.15, 0.2) is 42.7 Å². The summed E-state index contributed by atoms with van der Waals surface area (Å²) in [6.45, 7) is 1.57. The van der Waals surface area contributed by atoms with Gasteiger partial charge in [-0.3, -0.25) is 4.98 Å². The lowest BCUT2D eigenvalue weighted by molar-refractivity contribution is 0.292. The van der Waals surface area contributed by atoms with Gasteiger partial charge in [0.15, 0.2) is 0 Å². The highest BCUT2D eigenvalue weighted by atomic mass is 16.3. The number of aliphatic hydroxyl groups is 1. The number of pyridine rings is 1. The molecule has 0 atom stereocenters. The highest BCUT2D eigenvalue weighted by Crippen LogP contribution is 2.17. The molecule has 3 heteroatoms. The second-order valence-electron chi connectivity index (χ2n) is 3.77. The standard InChI is InChI=1S/C14H15N2O/c17-9-8-16-10-12-3-5-13(6-4-12)14-2-1-7-15-11-14/h2-7,11,16-17H,8-10H2. The van der Waals surface area contributed by atoms with E-state index < -0.39 is 0 Å². The summed E-state index contributed by atoms with van der Waals surface area (Å²) in [4.78, 5) is 4.05. The summed E-state index contributed by atoms with van der Waals surface area (Å²) in [6.07, 6.45) is 3.48. The fourth-order valence-corrected chi connectivity index (χ4v) is 1.61. The summed E-state index contributed by atoms with van der Waals surface area (Å²) in [5.41, 5.74) is 3.41. The van der Waals surface area contributed by atoms with Crippen molar-refractivity contribution in [2.75, 3.05) is 13.2 Å². The van der Waals surface area contributed by atoms with E-state index in [-0.39, 0.29) is 6.61 Å². The van der Waals surface area contributed by atoms with E-state index in [2.05, 4.69) is 40.6 Å². The Kier molecular flexibility index (Phi) is 4.24. The van der Waals surface area contributed by atoms with Gasteiger partial charge in [0, 0.05) is 37.1 Å². The molecule has 0 unspecified atom stereocenters. The smallest absolute Gasteiger partial charge is 0.0556 e. The maximum absolute atomic E-state index is 8.66. The Morgan fingerprint density at radius 1 is 1.18 bits per heavy atom. The molecule has 0 saturated carbocycles. The van der Waals surface area contributed by atoms with Gasteiger partial charge in [-0.1, -0.05) is 24.3 Å². The molecule has 1 aromatic carbocycles. The topological polar surface area (TPSA) is 45.1 Å². The second kappa shape index (κ2) is 6.13. The number of nitrogens with one attached hydrogen (secondary N) is 1. The largest absolute Gasteiger partial charge is 0.395 e. The van der Waals surface area contributed by atoms with Gasteiger partial charge in [0.05, 0.1) is 6.61 Å². The van der Waals surface area contributed by atoms with Crippen LogP contribution in [-0.2, 0) is 6.54 Å². The summed E-state index contributed by atoms with van der Waals surface area (Å²) >= 11 is 0. The van der Waals surface area contributed by atoms with Crippen LogP contribution >= 0.6 is 0 Å². The number of rotatable bonds is 5. The summed E-state index contributed by atoms with van der Waals surface area (Å²) < 4.78 is 0. The molecular formula is C14H15N2O. The molecule has 0 aliphatic heterocycles. The van der Waals surface area contributed by atoms with Crippen LogP contribution in [0.25, 0.3) is 11.1 Å². The van der Waals surface area contributed by atoms with Crippen molar-refractivity contribution >= 4 is 0 Å². The van der Waals surface area contributed by atoms with Crippen molar-refractivity contribution in [3.8, 4) is 11.1 Å². The lowest BCUT2D eigenvalue weighted by atomic mass is 10.1. The lowest BCUT2D eigenvalue weighted by Crippen LogP contribution is -2.17. The molecule has 2 aromatic rings. The number of nitrogens with zero attached hydrogens (tertiary/aromatic N) is 1. The Balaban J connectivity index is 2.03. The van der Waals surface area contributed by atoms with E-state index in [4.69, 9.17) is 5.11 Å². The molecule has 1 aromatic heterocycles.